The molecule has 2 aromatic rings. The van der Waals surface area contributed by atoms with Gasteiger partial charge < -0.3 is 15.2 Å². The molecule has 0 saturated heterocycles. The van der Waals surface area contributed by atoms with Crippen LogP contribution in [0.1, 0.15) is 15.9 Å². The first-order valence-corrected chi connectivity index (χ1v) is 6.28. The van der Waals surface area contributed by atoms with Gasteiger partial charge in [-0.05, 0) is 37.9 Å². The lowest BCUT2D eigenvalue weighted by atomic mass is 10.2. The van der Waals surface area contributed by atoms with Crippen molar-refractivity contribution in [3.05, 3.63) is 64.1 Å². The normalized spacial score (nSPS) is 10.6. The van der Waals surface area contributed by atoms with Gasteiger partial charge in [-0.15, -0.1) is 0 Å². The molecular formula is C15H17N3O2. The molecular weight excluding hydrogens is 254 g/mol. The zero-order valence-electron chi connectivity index (χ0n) is 11.5. The largest absolute Gasteiger partial charge is 0.328 e. The maximum Gasteiger partial charge on any atom is 0.257 e. The molecule has 104 valence electrons. The second kappa shape index (κ2) is 6.16. The zero-order valence-corrected chi connectivity index (χ0v) is 11.5. The number of hydrogen-bond acceptors (Lipinski definition) is 3. The maximum atomic E-state index is 11.9. The van der Waals surface area contributed by atoms with Gasteiger partial charge in [0.2, 0.25) is 5.56 Å². The van der Waals surface area contributed by atoms with Gasteiger partial charge in [0.1, 0.15) is 0 Å². The molecule has 0 atom stereocenters. The Morgan fingerprint density at radius 1 is 1.15 bits per heavy atom. The van der Waals surface area contributed by atoms with E-state index in [1.54, 1.807) is 0 Å². The van der Waals surface area contributed by atoms with E-state index < -0.39 is 0 Å². The number of aromatic nitrogens is 1. The van der Waals surface area contributed by atoms with Crippen molar-refractivity contribution < 1.29 is 4.79 Å². The number of nitrogens with zero attached hydrogens (tertiary/aromatic N) is 1. The summed E-state index contributed by atoms with van der Waals surface area (Å²) < 4.78 is 0. The summed E-state index contributed by atoms with van der Waals surface area (Å²) in [5.41, 5.74) is 2.09. The second-order valence-corrected chi connectivity index (χ2v) is 4.83. The molecule has 2 N–H and O–H groups in total. The van der Waals surface area contributed by atoms with E-state index in [2.05, 4.69) is 15.2 Å². The molecule has 1 heterocycles. The molecule has 0 radical (unpaired) electrons. The third-order valence-corrected chi connectivity index (χ3v) is 2.76. The molecule has 0 aliphatic heterocycles. The Bertz CT molecular complexity index is 624. The highest BCUT2D eigenvalue weighted by Crippen LogP contribution is 2.11. The van der Waals surface area contributed by atoms with E-state index >= 15 is 0 Å². The fraction of sp³-hybridized carbons (Fsp3) is 0.200. The second-order valence-electron chi connectivity index (χ2n) is 4.83. The van der Waals surface area contributed by atoms with E-state index in [0.29, 0.717) is 5.56 Å². The Kier molecular flexibility index (Phi) is 4.32. The average molecular weight is 271 g/mol. The summed E-state index contributed by atoms with van der Waals surface area (Å²) in [6.07, 6.45) is 1.40. The number of H-pyrrole nitrogens is 1. The van der Waals surface area contributed by atoms with Gasteiger partial charge in [-0.3, -0.25) is 9.59 Å². The first kappa shape index (κ1) is 14.0. The van der Waals surface area contributed by atoms with Crippen molar-refractivity contribution in [3.8, 4) is 0 Å². The molecule has 1 amide bonds. The molecule has 2 rings (SSSR count). The van der Waals surface area contributed by atoms with Crippen molar-refractivity contribution in [2.45, 2.75) is 6.54 Å². The van der Waals surface area contributed by atoms with Gasteiger partial charge in [0.05, 0.1) is 5.56 Å². The van der Waals surface area contributed by atoms with Crippen molar-refractivity contribution in [1.29, 1.82) is 0 Å². The maximum absolute atomic E-state index is 11.9. The lowest BCUT2D eigenvalue weighted by Crippen LogP contribution is -2.14. The summed E-state index contributed by atoms with van der Waals surface area (Å²) in [6, 6.07) is 10.5. The van der Waals surface area contributed by atoms with Crippen LogP contribution < -0.4 is 10.9 Å². The highest BCUT2D eigenvalue weighted by Gasteiger charge is 2.06. The van der Waals surface area contributed by atoms with Crippen LogP contribution in [0.15, 0.2) is 47.4 Å². The average Bonchev–Trinajstić information content (AvgIpc) is 2.41. The smallest absolute Gasteiger partial charge is 0.257 e. The number of carbonyl (C=O) groups is 1. The van der Waals surface area contributed by atoms with Crippen LogP contribution in [0.5, 0.6) is 0 Å². The summed E-state index contributed by atoms with van der Waals surface area (Å²) in [4.78, 5) is 27.4. The lowest BCUT2D eigenvalue weighted by molar-refractivity contribution is 0.102. The predicted molar refractivity (Wildman–Crippen MR) is 78.8 cm³/mol. The molecule has 0 spiro atoms. The molecule has 0 bridgehead atoms. The molecule has 20 heavy (non-hydrogen) atoms. The number of carbonyl (C=O) groups excluding carboxylic acids is 1. The van der Waals surface area contributed by atoms with E-state index in [1.807, 2.05) is 38.4 Å². The summed E-state index contributed by atoms with van der Waals surface area (Å²) in [5.74, 6) is -0.249. The van der Waals surface area contributed by atoms with E-state index in [0.717, 1.165) is 12.2 Å². The summed E-state index contributed by atoms with van der Waals surface area (Å²) in [5, 5.41) is 2.78. The van der Waals surface area contributed by atoms with Crippen LogP contribution in [0.3, 0.4) is 0 Å². The van der Waals surface area contributed by atoms with Gasteiger partial charge >= 0.3 is 0 Å². The first-order valence-electron chi connectivity index (χ1n) is 6.28. The van der Waals surface area contributed by atoms with Crippen molar-refractivity contribution in [1.82, 2.24) is 9.88 Å². The molecule has 1 aromatic heterocycles. The Morgan fingerprint density at radius 2 is 1.85 bits per heavy atom. The van der Waals surface area contributed by atoms with Gasteiger partial charge in [-0.2, -0.15) is 0 Å². The monoisotopic (exact) mass is 271 g/mol. The molecule has 1 aromatic carbocycles. The molecule has 5 heteroatoms. The van der Waals surface area contributed by atoms with Crippen molar-refractivity contribution in [3.63, 3.8) is 0 Å². The highest BCUT2D eigenvalue weighted by molar-refractivity contribution is 6.03. The van der Waals surface area contributed by atoms with Crippen LogP contribution in [0.4, 0.5) is 5.69 Å². The van der Waals surface area contributed by atoms with Gasteiger partial charge in [0.25, 0.3) is 5.91 Å². The van der Waals surface area contributed by atoms with Gasteiger partial charge in [-0.1, -0.05) is 12.1 Å². The predicted octanol–water partition coefficient (Wildman–Crippen LogP) is 1.69. The van der Waals surface area contributed by atoms with Crippen LogP contribution in [0.2, 0.25) is 0 Å². The van der Waals surface area contributed by atoms with Gasteiger partial charge in [0.15, 0.2) is 0 Å². The lowest BCUT2D eigenvalue weighted by Gasteiger charge is -2.10. The summed E-state index contributed by atoms with van der Waals surface area (Å²) >= 11 is 0. The quantitative estimate of drug-likeness (QED) is 0.889. The summed E-state index contributed by atoms with van der Waals surface area (Å²) in [7, 11) is 4.01. The Balaban J connectivity index is 2.04. The Labute approximate surface area is 117 Å². The third-order valence-electron chi connectivity index (χ3n) is 2.76. The third kappa shape index (κ3) is 3.80. The standard InChI is InChI=1S/C15H17N3O2/c1-18(2)10-11-3-6-13(7-4-11)17-15(20)12-5-8-14(19)16-9-12/h3-9H,10H2,1-2H3,(H,16,19)(H,17,20). The number of benzene rings is 1. The Hall–Kier alpha value is -2.40. The first-order chi connectivity index (χ1) is 9.54. The number of nitrogens with one attached hydrogen (secondary N) is 2. The van der Waals surface area contributed by atoms with E-state index in [1.165, 1.54) is 23.9 Å². The number of amides is 1. The van der Waals surface area contributed by atoms with E-state index in [-0.39, 0.29) is 11.5 Å². The van der Waals surface area contributed by atoms with E-state index in [4.69, 9.17) is 0 Å². The SMILES string of the molecule is CN(C)Cc1ccc(NC(=O)c2ccc(=O)[nH]c2)cc1. The van der Waals surface area contributed by atoms with Crippen molar-refractivity contribution >= 4 is 11.6 Å². The zero-order chi connectivity index (χ0) is 14.5. The number of aromatic amines is 1. The molecule has 5 nitrogen and oxygen atoms in total. The van der Waals surface area contributed by atoms with Crippen LogP contribution in [0, 0.1) is 0 Å². The molecule has 0 aliphatic carbocycles. The van der Waals surface area contributed by atoms with Crippen LogP contribution in [-0.2, 0) is 6.54 Å². The van der Waals surface area contributed by atoms with Crippen LogP contribution >= 0.6 is 0 Å². The van der Waals surface area contributed by atoms with Crippen molar-refractivity contribution in [2.24, 2.45) is 0 Å². The molecule has 0 fully saturated rings. The van der Waals surface area contributed by atoms with Crippen molar-refractivity contribution in [2.75, 3.05) is 19.4 Å². The van der Waals surface area contributed by atoms with E-state index in [9.17, 15) is 9.59 Å². The number of anilines is 1. The topological polar surface area (TPSA) is 65.2 Å². The van der Waals surface area contributed by atoms with Gasteiger partial charge in [0, 0.05) is 24.5 Å². The minimum atomic E-state index is -0.249. The van der Waals surface area contributed by atoms with Gasteiger partial charge in [-0.25, -0.2) is 0 Å². The minimum absolute atomic E-state index is 0.227. The number of hydrogen-bond donors (Lipinski definition) is 2. The van der Waals surface area contributed by atoms with Crippen LogP contribution in [0.25, 0.3) is 0 Å². The molecule has 0 aliphatic rings. The Morgan fingerprint density at radius 3 is 2.40 bits per heavy atom. The molecule has 0 saturated carbocycles. The fourth-order valence-electron chi connectivity index (χ4n) is 1.81. The number of pyridine rings is 1. The highest BCUT2D eigenvalue weighted by atomic mass is 16.1. The number of rotatable bonds is 4. The summed E-state index contributed by atoms with van der Waals surface area (Å²) in [6.45, 7) is 0.855. The molecule has 0 unspecified atom stereocenters. The minimum Gasteiger partial charge on any atom is -0.328 e. The fourth-order valence-corrected chi connectivity index (χ4v) is 1.81. The van der Waals surface area contributed by atoms with Crippen LogP contribution in [-0.4, -0.2) is 29.9 Å².